The van der Waals surface area contributed by atoms with E-state index in [1.807, 2.05) is 6.92 Å². The van der Waals surface area contributed by atoms with Gasteiger partial charge in [-0.05, 0) is 6.42 Å². The summed E-state index contributed by atoms with van der Waals surface area (Å²) in [5.41, 5.74) is -0.395. The number of aliphatic hydroxyl groups excluding tert-OH is 1. The Bertz CT molecular complexity index is 745. The molecule has 176 valence electrons. The molecule has 0 unspecified atom stereocenters. The molecule has 0 radical (unpaired) electrons. The van der Waals surface area contributed by atoms with Gasteiger partial charge < -0.3 is 20.5 Å². The lowest BCUT2D eigenvalue weighted by molar-refractivity contribution is -0.137. The van der Waals surface area contributed by atoms with Crippen LogP contribution in [-0.2, 0) is 20.7 Å². The third-order valence-electron chi connectivity index (χ3n) is 4.26. The minimum Gasteiger partial charge on any atom is -0.447 e. The Labute approximate surface area is 187 Å². The number of aryl methyl sites for hydroxylation is 1. The summed E-state index contributed by atoms with van der Waals surface area (Å²) < 4.78 is 6.27. The fourth-order valence-electron chi connectivity index (χ4n) is 2.33. The zero-order chi connectivity index (χ0) is 23.7. The first-order valence-electron chi connectivity index (χ1n) is 10.3. The van der Waals surface area contributed by atoms with E-state index < -0.39 is 23.5 Å². The maximum absolute atomic E-state index is 12.2. The van der Waals surface area contributed by atoms with Crippen LogP contribution >= 0.6 is 11.8 Å². The van der Waals surface area contributed by atoms with Gasteiger partial charge in [-0.3, -0.25) is 9.59 Å². The van der Waals surface area contributed by atoms with Gasteiger partial charge in [0.1, 0.15) is 12.7 Å². The average molecular weight is 458 g/mol. The molecule has 0 saturated heterocycles. The third kappa shape index (κ3) is 10.1. The molecule has 31 heavy (non-hydrogen) atoms. The van der Waals surface area contributed by atoms with Crippen molar-refractivity contribution in [3.8, 4) is 0 Å². The predicted molar refractivity (Wildman–Crippen MR) is 119 cm³/mol. The van der Waals surface area contributed by atoms with Gasteiger partial charge in [0.05, 0.1) is 11.9 Å². The van der Waals surface area contributed by atoms with E-state index in [1.165, 1.54) is 6.20 Å². The molecule has 0 aliphatic heterocycles. The topological polar surface area (TPSA) is 135 Å². The Morgan fingerprint density at radius 3 is 2.45 bits per heavy atom. The van der Waals surface area contributed by atoms with Crippen LogP contribution in [0.5, 0.6) is 0 Å². The van der Waals surface area contributed by atoms with Crippen molar-refractivity contribution in [2.24, 2.45) is 5.41 Å². The van der Waals surface area contributed by atoms with E-state index in [4.69, 9.17) is 4.74 Å². The zero-order valence-electron chi connectivity index (χ0n) is 19.2. The van der Waals surface area contributed by atoms with Gasteiger partial charge in [-0.2, -0.15) is 16.4 Å². The zero-order valence-corrected chi connectivity index (χ0v) is 20.0. The fraction of sp³-hybridized carbons (Fsp3) is 0.750. The molecule has 3 N–H and O–H groups in total. The number of rotatable bonds is 11. The molecular formula is C20H35N5O5S. The van der Waals surface area contributed by atoms with Gasteiger partial charge in [0.2, 0.25) is 11.8 Å². The maximum Gasteiger partial charge on any atom is 0.436 e. The molecular weight excluding hydrogens is 422 g/mol. The number of carbonyl (C=O) groups excluding carboxylic acids is 3. The number of nitrogens with zero attached hydrogens (tertiary/aromatic N) is 3. The number of hydrogen-bond donors (Lipinski definition) is 3. The molecule has 0 spiro atoms. The number of nitrogens with one attached hydrogen (secondary N) is 2. The quantitative estimate of drug-likeness (QED) is 0.424. The normalized spacial score (nSPS) is 12.9. The predicted octanol–water partition coefficient (Wildman–Crippen LogP) is 1.37. The van der Waals surface area contributed by atoms with E-state index in [2.05, 4.69) is 41.7 Å². The van der Waals surface area contributed by atoms with E-state index in [-0.39, 0.29) is 30.2 Å². The van der Waals surface area contributed by atoms with E-state index in [0.717, 1.165) is 10.4 Å². The van der Waals surface area contributed by atoms with Gasteiger partial charge in [-0.1, -0.05) is 46.8 Å². The van der Waals surface area contributed by atoms with E-state index >= 15 is 0 Å². The molecule has 2 amide bonds. The Hall–Kier alpha value is -2.14. The number of ether oxygens (including phenoxy) is 1. The standard InChI is InChI=1S/C20H35N5O5S/c1-7-14-12-25(24-23-14)18(29)30-13-20(5,6)16(27)17(28)22-9-8-15(26)21-10-11-31-19(2,3)4/h12,16,27H,7-11,13H2,1-6H3,(H,21,26)(H,22,28)/t16-/m1/s1. The highest BCUT2D eigenvalue weighted by Crippen LogP contribution is 2.22. The maximum atomic E-state index is 12.2. The highest BCUT2D eigenvalue weighted by molar-refractivity contribution is 8.00. The SMILES string of the molecule is CCc1cn(C(=O)OCC(C)(C)[C@H](O)C(=O)NCCC(=O)NCCSC(C)(C)C)nn1. The average Bonchev–Trinajstić information content (AvgIpc) is 3.17. The number of aromatic nitrogens is 3. The van der Waals surface area contributed by atoms with Gasteiger partial charge in [-0.15, -0.1) is 5.10 Å². The molecule has 0 bridgehead atoms. The van der Waals surface area contributed by atoms with Crippen molar-refractivity contribution in [3.05, 3.63) is 11.9 Å². The third-order valence-corrected chi connectivity index (χ3v) is 5.53. The van der Waals surface area contributed by atoms with Crippen molar-refractivity contribution in [1.82, 2.24) is 25.6 Å². The lowest BCUT2D eigenvalue weighted by atomic mass is 9.87. The van der Waals surface area contributed by atoms with Crippen LogP contribution in [0, 0.1) is 5.41 Å². The Kier molecular flexibility index (Phi) is 10.4. The second-order valence-electron chi connectivity index (χ2n) is 8.81. The van der Waals surface area contributed by atoms with Crippen LogP contribution in [0.15, 0.2) is 6.20 Å². The molecule has 0 fully saturated rings. The van der Waals surface area contributed by atoms with Crippen molar-refractivity contribution in [1.29, 1.82) is 0 Å². The Morgan fingerprint density at radius 2 is 1.87 bits per heavy atom. The summed E-state index contributed by atoms with van der Waals surface area (Å²) in [6.45, 7) is 11.9. The second kappa shape index (κ2) is 12.0. The van der Waals surface area contributed by atoms with E-state index in [9.17, 15) is 19.5 Å². The summed E-state index contributed by atoms with van der Waals surface area (Å²) in [5, 5.41) is 23.2. The molecule has 1 rings (SSSR count). The second-order valence-corrected chi connectivity index (χ2v) is 10.7. The van der Waals surface area contributed by atoms with Crippen molar-refractivity contribution in [2.45, 2.75) is 65.2 Å². The first-order valence-corrected chi connectivity index (χ1v) is 11.3. The fourth-order valence-corrected chi connectivity index (χ4v) is 3.15. The Morgan fingerprint density at radius 1 is 1.19 bits per heavy atom. The van der Waals surface area contributed by atoms with Crippen molar-refractivity contribution in [3.63, 3.8) is 0 Å². The van der Waals surface area contributed by atoms with Crippen molar-refractivity contribution >= 4 is 29.7 Å². The molecule has 1 atom stereocenters. The molecule has 0 aromatic carbocycles. The van der Waals surface area contributed by atoms with Crippen LogP contribution in [-0.4, -0.2) is 74.3 Å². The van der Waals surface area contributed by atoms with Gasteiger partial charge in [0.15, 0.2) is 0 Å². The van der Waals surface area contributed by atoms with Crippen LogP contribution < -0.4 is 10.6 Å². The Balaban J connectivity index is 2.34. The molecule has 1 heterocycles. The molecule has 0 saturated carbocycles. The van der Waals surface area contributed by atoms with Crippen LogP contribution in [0.4, 0.5) is 4.79 Å². The molecule has 1 aromatic heterocycles. The largest absolute Gasteiger partial charge is 0.447 e. The summed E-state index contributed by atoms with van der Waals surface area (Å²) in [6.07, 6.45) is 0.0412. The lowest BCUT2D eigenvalue weighted by Crippen LogP contribution is -2.47. The van der Waals surface area contributed by atoms with Crippen LogP contribution in [0.25, 0.3) is 0 Å². The van der Waals surface area contributed by atoms with Crippen molar-refractivity contribution in [2.75, 3.05) is 25.4 Å². The first-order chi connectivity index (χ1) is 14.4. The first kappa shape index (κ1) is 26.9. The number of amides is 2. The molecule has 10 nitrogen and oxygen atoms in total. The minimum absolute atomic E-state index is 0.1000. The van der Waals surface area contributed by atoms with E-state index in [1.54, 1.807) is 25.6 Å². The molecule has 0 aliphatic carbocycles. The monoisotopic (exact) mass is 457 g/mol. The number of carbonyl (C=O) groups is 3. The highest BCUT2D eigenvalue weighted by atomic mass is 32.2. The molecule has 1 aromatic rings. The molecule has 0 aliphatic rings. The summed E-state index contributed by atoms with van der Waals surface area (Å²) in [6, 6.07) is 0. The summed E-state index contributed by atoms with van der Waals surface area (Å²) in [4.78, 5) is 36.1. The van der Waals surface area contributed by atoms with Gasteiger partial charge in [0.25, 0.3) is 0 Å². The number of thioether (sulfide) groups is 1. The summed E-state index contributed by atoms with van der Waals surface area (Å²) in [5.74, 6) is 0.00428. The highest BCUT2D eigenvalue weighted by Gasteiger charge is 2.35. The van der Waals surface area contributed by atoms with Crippen molar-refractivity contribution < 1.29 is 24.2 Å². The van der Waals surface area contributed by atoms with Gasteiger partial charge in [0, 0.05) is 35.4 Å². The number of aliphatic hydroxyl groups is 1. The van der Waals surface area contributed by atoms with Crippen LogP contribution in [0.1, 0.15) is 53.7 Å². The van der Waals surface area contributed by atoms with Gasteiger partial charge in [-0.25, -0.2) is 4.79 Å². The summed E-state index contributed by atoms with van der Waals surface area (Å²) in [7, 11) is 0. The molecule has 11 heteroatoms. The lowest BCUT2D eigenvalue weighted by Gasteiger charge is -2.28. The van der Waals surface area contributed by atoms with E-state index in [0.29, 0.717) is 18.7 Å². The smallest absolute Gasteiger partial charge is 0.436 e. The van der Waals surface area contributed by atoms with Crippen LogP contribution in [0.2, 0.25) is 0 Å². The van der Waals surface area contributed by atoms with Gasteiger partial charge >= 0.3 is 6.09 Å². The number of hydrogen-bond acceptors (Lipinski definition) is 8. The summed E-state index contributed by atoms with van der Waals surface area (Å²) >= 11 is 1.76. The minimum atomic E-state index is -1.42. The van der Waals surface area contributed by atoms with Crippen LogP contribution in [0.3, 0.4) is 0 Å².